The molecule has 38 valence electrons. The molecule has 0 aliphatic heterocycles. The van der Waals surface area contributed by atoms with Gasteiger partial charge in [-0.1, -0.05) is 0 Å². The van der Waals surface area contributed by atoms with Crippen molar-refractivity contribution >= 4 is 28.3 Å². The van der Waals surface area contributed by atoms with E-state index in [9.17, 15) is 8.96 Å². The number of hydrogen-bond acceptors (Lipinski definition) is 1. The summed E-state index contributed by atoms with van der Waals surface area (Å²) in [5.41, 5.74) is 0. The number of hydrogen-bond donors (Lipinski definition) is 0. The van der Waals surface area contributed by atoms with E-state index in [1.807, 2.05) is 0 Å². The van der Waals surface area contributed by atoms with E-state index in [2.05, 4.69) is 22.5 Å². The summed E-state index contributed by atoms with van der Waals surface area (Å²) in [5.74, 6) is -3.37. The summed E-state index contributed by atoms with van der Waals surface area (Å²) in [7, 11) is 0. The Morgan fingerprint density at radius 2 is 1.83 bits per heavy atom. The lowest BCUT2D eigenvalue weighted by atomic mass is 11.8. The van der Waals surface area contributed by atoms with Gasteiger partial charge in [0.25, 0.3) is 5.85 Å². The lowest BCUT2D eigenvalue weighted by Crippen LogP contribution is -1.56. The summed E-state index contributed by atoms with van der Waals surface area (Å²) in [5, 5.41) is 0. The number of rotatable bonds is 1. The first-order valence-corrected chi connectivity index (χ1v) is 4.81. The van der Waals surface area contributed by atoms with E-state index < -0.39 is 12.3 Å². The first kappa shape index (κ1) is 6.74. The van der Waals surface area contributed by atoms with Crippen molar-refractivity contribution in [3.8, 4) is 0 Å². The van der Waals surface area contributed by atoms with Crippen molar-refractivity contribution in [1.82, 2.24) is 0 Å². The summed E-state index contributed by atoms with van der Waals surface area (Å²) >= 11 is 9.33. The van der Waals surface area contributed by atoms with Crippen LogP contribution in [0.5, 0.6) is 0 Å². The van der Waals surface area contributed by atoms with Crippen LogP contribution in [0.15, 0.2) is 0 Å². The standard InChI is InChI=1S/CH2Cl2FOP/c2-6(3,5)1-4/h1H2. The third-order valence-electron chi connectivity index (χ3n) is 0.139. The SMILES string of the molecule is O=P(Cl)(Cl)CF. The van der Waals surface area contributed by atoms with Crippen molar-refractivity contribution in [2.24, 2.45) is 0 Å². The molecule has 0 fully saturated rings. The molecule has 0 N–H and O–H groups in total. The molecule has 5 heteroatoms. The maximum Gasteiger partial charge on any atom is 0.283 e. The highest BCUT2D eigenvalue weighted by Gasteiger charge is 2.10. The summed E-state index contributed by atoms with van der Waals surface area (Å²) in [6.07, 6.45) is -1.14. The molecule has 0 aromatic heterocycles. The quantitative estimate of drug-likeness (QED) is 0.526. The largest absolute Gasteiger partial charge is 0.286 e. The monoisotopic (exact) mass is 150 g/mol. The Labute approximate surface area is 44.4 Å². The minimum Gasteiger partial charge on any atom is -0.286 e. The lowest BCUT2D eigenvalue weighted by molar-refractivity contribution is 0.548. The molecule has 0 saturated heterocycles. The molecule has 0 atom stereocenters. The van der Waals surface area contributed by atoms with Crippen molar-refractivity contribution < 1.29 is 8.96 Å². The zero-order valence-electron chi connectivity index (χ0n) is 2.70. The molecule has 1 nitrogen and oxygen atoms in total. The fourth-order valence-corrected chi connectivity index (χ4v) is 0. The topological polar surface area (TPSA) is 17.1 Å². The molecule has 0 unspecified atom stereocenters. The minimum atomic E-state index is -3.37. The van der Waals surface area contributed by atoms with Crippen LogP contribution in [0, 0.1) is 0 Å². The van der Waals surface area contributed by atoms with E-state index in [4.69, 9.17) is 0 Å². The summed E-state index contributed by atoms with van der Waals surface area (Å²) in [6, 6.07) is 0. The highest BCUT2D eigenvalue weighted by molar-refractivity contribution is 8.08. The zero-order chi connectivity index (χ0) is 5.21. The predicted octanol–water partition coefficient (Wildman–Crippen LogP) is 2.58. The van der Waals surface area contributed by atoms with Gasteiger partial charge in [-0.3, -0.25) is 4.57 Å². The van der Waals surface area contributed by atoms with Crippen LogP contribution >= 0.6 is 28.3 Å². The van der Waals surface area contributed by atoms with E-state index in [0.717, 1.165) is 0 Å². The summed E-state index contributed by atoms with van der Waals surface area (Å²) in [4.78, 5) is 0. The highest BCUT2D eigenvalue weighted by atomic mass is 35.9. The Balaban J connectivity index is 3.48. The van der Waals surface area contributed by atoms with Crippen LogP contribution in [0.3, 0.4) is 0 Å². The third-order valence-corrected chi connectivity index (χ3v) is 0.960. The van der Waals surface area contributed by atoms with Crippen LogP contribution in [0.25, 0.3) is 0 Å². The van der Waals surface area contributed by atoms with Crippen molar-refractivity contribution in [3.63, 3.8) is 0 Å². The third kappa shape index (κ3) is 4.74. The Morgan fingerprint density at radius 1 is 1.67 bits per heavy atom. The molecule has 0 aromatic rings. The summed E-state index contributed by atoms with van der Waals surface area (Å²) < 4.78 is 20.7. The van der Waals surface area contributed by atoms with Gasteiger partial charge in [-0.15, -0.1) is 0 Å². The normalized spacial score (nSPS) is 11.8. The smallest absolute Gasteiger partial charge is 0.283 e. The van der Waals surface area contributed by atoms with E-state index in [-0.39, 0.29) is 0 Å². The van der Waals surface area contributed by atoms with Crippen molar-refractivity contribution in [1.29, 1.82) is 0 Å². The van der Waals surface area contributed by atoms with Gasteiger partial charge in [0.15, 0.2) is 6.42 Å². The first-order chi connectivity index (χ1) is 2.56. The fourth-order valence-electron chi connectivity index (χ4n) is 0. The van der Waals surface area contributed by atoms with Gasteiger partial charge < -0.3 is 0 Å². The molecule has 0 saturated carbocycles. The van der Waals surface area contributed by atoms with Crippen LogP contribution in [0.4, 0.5) is 4.39 Å². The molecule has 0 rings (SSSR count). The van der Waals surface area contributed by atoms with Gasteiger partial charge in [0, 0.05) is 0 Å². The average Bonchev–Trinajstić information content (AvgIpc) is 1.35. The first-order valence-electron chi connectivity index (χ1n) is 1.10. The number of alkyl halides is 1. The van der Waals surface area contributed by atoms with Crippen molar-refractivity contribution in [3.05, 3.63) is 0 Å². The van der Waals surface area contributed by atoms with Gasteiger partial charge in [0.05, 0.1) is 0 Å². The highest BCUT2D eigenvalue weighted by Crippen LogP contribution is 2.56. The van der Waals surface area contributed by atoms with Crippen LogP contribution < -0.4 is 0 Å². The molecule has 0 aromatic carbocycles. The second-order valence-corrected chi connectivity index (χ2v) is 5.86. The molecule has 0 spiro atoms. The van der Waals surface area contributed by atoms with Crippen LogP contribution in [-0.2, 0) is 4.57 Å². The molecule has 0 aliphatic rings. The van der Waals surface area contributed by atoms with Gasteiger partial charge in [0.2, 0.25) is 0 Å². The second-order valence-electron chi connectivity index (χ2n) is 0.690. The maximum atomic E-state index is 11.0. The number of halogens is 3. The molecule has 0 aliphatic carbocycles. The molecule has 0 amide bonds. The Hall–Kier alpha value is 0.740. The van der Waals surface area contributed by atoms with Gasteiger partial charge >= 0.3 is 0 Å². The van der Waals surface area contributed by atoms with Crippen LogP contribution in [0.1, 0.15) is 0 Å². The molecular formula is CH2Cl2FOP. The van der Waals surface area contributed by atoms with Gasteiger partial charge in [-0.05, 0) is 22.5 Å². The Kier molecular flexibility index (Phi) is 2.42. The predicted molar refractivity (Wildman–Crippen MR) is 25.3 cm³/mol. The molecule has 0 heterocycles. The Bertz CT molecular complexity index is 77.6. The zero-order valence-corrected chi connectivity index (χ0v) is 5.10. The van der Waals surface area contributed by atoms with Gasteiger partial charge in [-0.25, -0.2) is 4.39 Å². The van der Waals surface area contributed by atoms with E-state index in [1.165, 1.54) is 0 Å². The summed E-state index contributed by atoms with van der Waals surface area (Å²) in [6.45, 7) is 0. The van der Waals surface area contributed by atoms with Crippen molar-refractivity contribution in [2.45, 2.75) is 0 Å². The van der Waals surface area contributed by atoms with Crippen molar-refractivity contribution in [2.75, 3.05) is 6.42 Å². The van der Waals surface area contributed by atoms with E-state index in [1.54, 1.807) is 0 Å². The maximum absolute atomic E-state index is 11.0. The van der Waals surface area contributed by atoms with Crippen LogP contribution in [-0.4, -0.2) is 6.42 Å². The average molecular weight is 151 g/mol. The van der Waals surface area contributed by atoms with Gasteiger partial charge in [0.1, 0.15) is 0 Å². The second kappa shape index (κ2) is 2.15. The Morgan fingerprint density at radius 3 is 1.83 bits per heavy atom. The molecule has 0 radical (unpaired) electrons. The van der Waals surface area contributed by atoms with E-state index in [0.29, 0.717) is 0 Å². The minimum absolute atomic E-state index is 1.14. The lowest BCUT2D eigenvalue weighted by Gasteiger charge is -1.85. The van der Waals surface area contributed by atoms with E-state index >= 15 is 0 Å². The van der Waals surface area contributed by atoms with Crippen LogP contribution in [0.2, 0.25) is 0 Å². The fraction of sp³-hybridized carbons (Fsp3) is 1.00. The molecular weight excluding hydrogens is 149 g/mol. The van der Waals surface area contributed by atoms with Gasteiger partial charge in [-0.2, -0.15) is 0 Å². The molecule has 6 heavy (non-hydrogen) atoms. The molecule has 0 bridgehead atoms.